The molecule has 0 saturated carbocycles. The molecule has 0 fully saturated rings. The normalized spacial score (nSPS) is 14.4. The number of nitrogens with one attached hydrogen (secondary N) is 3. The highest BCUT2D eigenvalue weighted by atomic mass is 35.5. The molecule has 1 aliphatic rings. The molecule has 4 rings (SSSR count). The minimum atomic E-state index is -0.803. The number of carbonyl (C=O) groups is 3. The Morgan fingerprint density at radius 3 is 2.53 bits per heavy atom. The molecule has 0 aliphatic carbocycles. The number of urea groups is 1. The highest BCUT2D eigenvalue weighted by Gasteiger charge is 2.32. The van der Waals surface area contributed by atoms with Crippen molar-refractivity contribution in [2.24, 2.45) is 5.10 Å². The predicted octanol–water partition coefficient (Wildman–Crippen LogP) is 5.44. The zero-order chi connectivity index (χ0) is 32.5. The van der Waals surface area contributed by atoms with Crippen LogP contribution in [0.1, 0.15) is 36.6 Å². The number of hydrogen-bond acceptors (Lipinski definition) is 8. The zero-order valence-electron chi connectivity index (χ0n) is 24.4. The number of rotatable bonds is 12. The molecule has 0 spiro atoms. The fourth-order valence-electron chi connectivity index (χ4n) is 4.32. The number of hydrazone groups is 1. The van der Waals surface area contributed by atoms with E-state index in [9.17, 15) is 18.8 Å². The molecule has 3 aromatic carbocycles. The van der Waals surface area contributed by atoms with Gasteiger partial charge in [0, 0.05) is 16.3 Å². The van der Waals surface area contributed by atoms with Crippen molar-refractivity contribution in [3.05, 3.63) is 98.4 Å². The summed E-state index contributed by atoms with van der Waals surface area (Å²) >= 11 is 12.5. The Bertz CT molecular complexity index is 1650. The van der Waals surface area contributed by atoms with Crippen LogP contribution in [-0.2, 0) is 20.9 Å². The molecule has 3 aromatic rings. The second-order valence-electron chi connectivity index (χ2n) is 9.50. The Kier molecular flexibility index (Phi) is 11.2. The summed E-state index contributed by atoms with van der Waals surface area (Å²) in [6, 6.07) is 12.4. The van der Waals surface area contributed by atoms with E-state index in [0.29, 0.717) is 27.4 Å². The summed E-state index contributed by atoms with van der Waals surface area (Å²) < 4.78 is 35.3. The molecule has 3 amide bonds. The molecule has 45 heavy (non-hydrogen) atoms. The third kappa shape index (κ3) is 8.64. The van der Waals surface area contributed by atoms with Gasteiger partial charge in [-0.2, -0.15) is 5.10 Å². The summed E-state index contributed by atoms with van der Waals surface area (Å²) in [4.78, 5) is 37.3. The number of carbonyl (C=O) groups excluding carboxylic acids is 3. The van der Waals surface area contributed by atoms with Crippen molar-refractivity contribution in [1.82, 2.24) is 16.1 Å². The topological polar surface area (TPSA) is 137 Å². The van der Waals surface area contributed by atoms with Crippen LogP contribution < -0.4 is 30.3 Å². The van der Waals surface area contributed by atoms with E-state index < -0.39 is 30.6 Å². The van der Waals surface area contributed by atoms with Gasteiger partial charge in [0.25, 0.3) is 5.91 Å². The quantitative estimate of drug-likeness (QED) is 0.134. The van der Waals surface area contributed by atoms with Crippen molar-refractivity contribution in [3.8, 4) is 17.2 Å². The van der Waals surface area contributed by atoms with Gasteiger partial charge in [-0.3, -0.25) is 4.79 Å². The van der Waals surface area contributed by atoms with Gasteiger partial charge in [-0.25, -0.2) is 19.4 Å². The summed E-state index contributed by atoms with van der Waals surface area (Å²) in [5.74, 6) is -0.768. The van der Waals surface area contributed by atoms with Gasteiger partial charge in [0.05, 0.1) is 36.6 Å². The summed E-state index contributed by atoms with van der Waals surface area (Å²) in [7, 11) is 1.41. The van der Waals surface area contributed by atoms with Crippen LogP contribution in [0.2, 0.25) is 10.0 Å². The van der Waals surface area contributed by atoms with Crippen LogP contribution in [0.25, 0.3) is 0 Å². The molecule has 0 radical (unpaired) electrons. The molecular weight excluding hydrogens is 630 g/mol. The number of benzene rings is 3. The van der Waals surface area contributed by atoms with E-state index in [2.05, 4.69) is 21.2 Å². The first-order valence-electron chi connectivity index (χ1n) is 13.5. The van der Waals surface area contributed by atoms with Gasteiger partial charge < -0.3 is 29.6 Å². The first-order valence-corrected chi connectivity index (χ1v) is 14.3. The second kappa shape index (κ2) is 15.3. The van der Waals surface area contributed by atoms with Gasteiger partial charge in [0.1, 0.15) is 18.2 Å². The lowest BCUT2D eigenvalue weighted by Gasteiger charge is -2.28. The minimum absolute atomic E-state index is 0.104. The van der Waals surface area contributed by atoms with Crippen LogP contribution in [0.5, 0.6) is 17.2 Å². The first-order chi connectivity index (χ1) is 21.6. The predicted molar refractivity (Wildman–Crippen MR) is 165 cm³/mol. The van der Waals surface area contributed by atoms with Crippen LogP contribution in [0.3, 0.4) is 0 Å². The summed E-state index contributed by atoms with van der Waals surface area (Å²) in [5, 5.41) is 9.80. The standard InChI is InChI=1S/C31H29Cl2FN4O7/c1-4-43-30(40)27-17(2)36-31(41)37-28(27)19-7-10-24(25(12-19)42-3)44-16-26(39)38-35-14-20-11-21(32)13-23(33)29(20)45-15-18-5-8-22(34)9-6-18/h5-14,28H,4,15-16H2,1-3H3,(H,38,39)(H2,36,37,41)/b35-14+/t28-/m0/s1. The van der Waals surface area contributed by atoms with E-state index in [1.165, 1.54) is 31.5 Å². The number of amides is 3. The van der Waals surface area contributed by atoms with Gasteiger partial charge in [-0.1, -0.05) is 41.4 Å². The molecule has 1 atom stereocenters. The molecule has 236 valence electrons. The van der Waals surface area contributed by atoms with E-state index in [-0.39, 0.29) is 46.9 Å². The Balaban J connectivity index is 1.41. The monoisotopic (exact) mass is 658 g/mol. The van der Waals surface area contributed by atoms with Crippen LogP contribution in [0, 0.1) is 5.82 Å². The number of nitrogens with zero attached hydrogens (tertiary/aromatic N) is 1. The van der Waals surface area contributed by atoms with Gasteiger partial charge >= 0.3 is 12.0 Å². The summed E-state index contributed by atoms with van der Waals surface area (Å²) in [5.41, 5.74) is 4.61. The molecule has 3 N–H and O–H groups in total. The molecule has 11 nitrogen and oxygen atoms in total. The highest BCUT2D eigenvalue weighted by Crippen LogP contribution is 2.35. The summed E-state index contributed by atoms with van der Waals surface area (Å²) in [6.45, 7) is 3.14. The van der Waals surface area contributed by atoms with Crippen molar-refractivity contribution in [1.29, 1.82) is 0 Å². The van der Waals surface area contributed by atoms with E-state index in [1.54, 1.807) is 50.2 Å². The molecule has 0 unspecified atom stereocenters. The molecule has 0 saturated heterocycles. The van der Waals surface area contributed by atoms with Gasteiger partial charge in [0.2, 0.25) is 0 Å². The minimum Gasteiger partial charge on any atom is -0.493 e. The lowest BCUT2D eigenvalue weighted by atomic mass is 9.95. The van der Waals surface area contributed by atoms with E-state index in [4.69, 9.17) is 42.1 Å². The van der Waals surface area contributed by atoms with Crippen LogP contribution in [-0.4, -0.2) is 44.4 Å². The Morgan fingerprint density at radius 1 is 1.07 bits per heavy atom. The second-order valence-corrected chi connectivity index (χ2v) is 10.3. The highest BCUT2D eigenvalue weighted by molar-refractivity contribution is 6.36. The lowest BCUT2D eigenvalue weighted by molar-refractivity contribution is -0.139. The number of halogens is 3. The van der Waals surface area contributed by atoms with Crippen LogP contribution in [0.15, 0.2) is 71.0 Å². The SMILES string of the molecule is CCOC(=O)C1=C(C)NC(=O)N[C@H]1c1ccc(OCC(=O)N/N=C/c2cc(Cl)cc(Cl)c2OCc2ccc(F)cc2)c(OC)c1. The van der Waals surface area contributed by atoms with Crippen molar-refractivity contribution < 1.29 is 37.7 Å². The first kappa shape index (κ1) is 33.1. The fourth-order valence-corrected chi connectivity index (χ4v) is 4.88. The maximum absolute atomic E-state index is 13.2. The number of esters is 1. The van der Waals surface area contributed by atoms with E-state index in [0.717, 1.165) is 0 Å². The average Bonchev–Trinajstić information content (AvgIpc) is 3.00. The Morgan fingerprint density at radius 2 is 1.82 bits per heavy atom. The maximum atomic E-state index is 13.2. The third-order valence-corrected chi connectivity index (χ3v) is 6.87. The van der Waals surface area contributed by atoms with Crippen molar-refractivity contribution in [2.75, 3.05) is 20.3 Å². The third-order valence-electron chi connectivity index (χ3n) is 6.37. The fraction of sp³-hybridized carbons (Fsp3) is 0.226. The van der Waals surface area contributed by atoms with Crippen molar-refractivity contribution in [3.63, 3.8) is 0 Å². The smallest absolute Gasteiger partial charge is 0.338 e. The van der Waals surface area contributed by atoms with Gasteiger partial charge in [-0.15, -0.1) is 0 Å². The van der Waals surface area contributed by atoms with Crippen molar-refractivity contribution >= 4 is 47.3 Å². The number of methoxy groups -OCH3 is 1. The average molecular weight is 659 g/mol. The molecule has 0 aromatic heterocycles. The zero-order valence-corrected chi connectivity index (χ0v) is 25.9. The molecular formula is C31H29Cl2FN4O7. The molecule has 1 heterocycles. The van der Waals surface area contributed by atoms with E-state index >= 15 is 0 Å². The lowest BCUT2D eigenvalue weighted by Crippen LogP contribution is -2.45. The molecule has 0 bridgehead atoms. The Hall–Kier alpha value is -4.81. The van der Waals surface area contributed by atoms with Crippen LogP contribution >= 0.6 is 23.2 Å². The summed E-state index contributed by atoms with van der Waals surface area (Å²) in [6.07, 6.45) is 1.31. The van der Waals surface area contributed by atoms with Crippen LogP contribution in [0.4, 0.5) is 9.18 Å². The number of hydrogen-bond donors (Lipinski definition) is 3. The number of allylic oxidation sites excluding steroid dienone is 1. The van der Waals surface area contributed by atoms with Crippen molar-refractivity contribution in [2.45, 2.75) is 26.5 Å². The molecule has 1 aliphatic heterocycles. The Labute approximate surface area is 268 Å². The van der Waals surface area contributed by atoms with Gasteiger partial charge in [0.15, 0.2) is 18.1 Å². The number of ether oxygens (including phenoxy) is 4. The van der Waals surface area contributed by atoms with E-state index in [1.807, 2.05) is 0 Å². The maximum Gasteiger partial charge on any atom is 0.338 e. The molecule has 14 heteroatoms. The van der Waals surface area contributed by atoms with Gasteiger partial charge in [-0.05, 0) is 61.4 Å². The largest absolute Gasteiger partial charge is 0.493 e.